The Morgan fingerprint density at radius 1 is 0.714 bits per heavy atom. The zero-order chi connectivity index (χ0) is 25.1. The number of hydrogen-bond acceptors (Lipinski definition) is 0. The van der Waals surface area contributed by atoms with E-state index >= 15 is 0 Å². The average molecular weight is 489 g/mol. The summed E-state index contributed by atoms with van der Waals surface area (Å²) in [6, 6.07) is 8.77. The van der Waals surface area contributed by atoms with E-state index < -0.39 is 34.9 Å². The molecule has 4 rings (SSSR count). The van der Waals surface area contributed by atoms with Crippen LogP contribution in [0.25, 0.3) is 11.1 Å². The van der Waals surface area contributed by atoms with Gasteiger partial charge in [-0.05, 0) is 97.7 Å². The fourth-order valence-corrected chi connectivity index (χ4v) is 4.95. The molecule has 184 valence electrons. The van der Waals surface area contributed by atoms with Crippen molar-refractivity contribution in [3.8, 4) is 11.1 Å². The number of benzene rings is 3. The molecule has 35 heavy (non-hydrogen) atoms. The Labute approximate surface area is 201 Å². The van der Waals surface area contributed by atoms with Crippen LogP contribution in [-0.2, 0) is 12.8 Å². The van der Waals surface area contributed by atoms with Crippen molar-refractivity contribution in [2.45, 2.75) is 51.4 Å². The van der Waals surface area contributed by atoms with Crippen LogP contribution < -0.4 is 0 Å². The lowest BCUT2D eigenvalue weighted by atomic mass is 9.78. The van der Waals surface area contributed by atoms with Crippen LogP contribution in [0, 0.1) is 40.8 Å². The first-order valence-electron chi connectivity index (χ1n) is 11.8. The highest BCUT2D eigenvalue weighted by molar-refractivity contribution is 5.64. The molecular weight excluding hydrogens is 462 g/mol. The van der Waals surface area contributed by atoms with Crippen LogP contribution >= 0.6 is 0 Å². The van der Waals surface area contributed by atoms with Gasteiger partial charge in [0.25, 0.3) is 0 Å². The van der Waals surface area contributed by atoms with Gasteiger partial charge in [0.2, 0.25) is 0 Å². The molecule has 0 atom stereocenters. The van der Waals surface area contributed by atoms with E-state index in [4.69, 9.17) is 0 Å². The van der Waals surface area contributed by atoms with Crippen LogP contribution in [0.15, 0.2) is 54.6 Å². The highest BCUT2D eigenvalue weighted by Crippen LogP contribution is 2.38. The molecule has 0 N–H and O–H groups in total. The van der Waals surface area contributed by atoms with Crippen molar-refractivity contribution in [1.29, 1.82) is 0 Å². The van der Waals surface area contributed by atoms with E-state index in [0.29, 0.717) is 17.0 Å². The van der Waals surface area contributed by atoms with Crippen molar-refractivity contribution >= 4 is 0 Å². The zero-order valence-electron chi connectivity index (χ0n) is 19.4. The smallest absolute Gasteiger partial charge is 0.194 e. The summed E-state index contributed by atoms with van der Waals surface area (Å²) in [5.74, 6) is -6.35. The fourth-order valence-electron chi connectivity index (χ4n) is 4.95. The van der Waals surface area contributed by atoms with Crippen LogP contribution in [0.1, 0.15) is 55.2 Å². The lowest BCUT2D eigenvalue weighted by Crippen LogP contribution is -2.14. The van der Waals surface area contributed by atoms with Gasteiger partial charge in [0, 0.05) is 5.56 Å². The lowest BCUT2D eigenvalue weighted by molar-refractivity contribution is 0.363. The first kappa shape index (κ1) is 25.1. The van der Waals surface area contributed by atoms with Crippen LogP contribution in [0.4, 0.5) is 26.3 Å². The quantitative estimate of drug-likeness (QED) is 0.185. The Kier molecular flexibility index (Phi) is 7.68. The molecule has 1 fully saturated rings. The van der Waals surface area contributed by atoms with Gasteiger partial charge in [0.1, 0.15) is 5.82 Å². The summed E-state index contributed by atoms with van der Waals surface area (Å²) < 4.78 is 84.5. The average Bonchev–Trinajstić information content (AvgIpc) is 2.84. The van der Waals surface area contributed by atoms with Crippen LogP contribution in [0.2, 0.25) is 0 Å². The number of aryl methyl sites for hydroxylation is 2. The topological polar surface area (TPSA) is 0 Å². The molecule has 0 amide bonds. The molecule has 0 aromatic heterocycles. The van der Waals surface area contributed by atoms with Crippen molar-refractivity contribution in [2.75, 3.05) is 0 Å². The molecule has 0 radical (unpaired) electrons. The molecule has 0 bridgehead atoms. The minimum absolute atomic E-state index is 0.00262. The Hall–Kier alpha value is -3.02. The van der Waals surface area contributed by atoms with Gasteiger partial charge in [-0.3, -0.25) is 0 Å². The number of hydrogen-bond donors (Lipinski definition) is 0. The fraction of sp³-hybridized carbons (Fsp3) is 0.310. The predicted molar refractivity (Wildman–Crippen MR) is 125 cm³/mol. The monoisotopic (exact) mass is 488 g/mol. The van der Waals surface area contributed by atoms with Gasteiger partial charge >= 0.3 is 0 Å². The molecule has 0 spiro atoms. The molecule has 1 saturated carbocycles. The van der Waals surface area contributed by atoms with E-state index in [0.717, 1.165) is 37.8 Å². The summed E-state index contributed by atoms with van der Waals surface area (Å²) in [4.78, 5) is 0. The van der Waals surface area contributed by atoms with Gasteiger partial charge in [-0.2, -0.15) is 0 Å². The third-order valence-corrected chi connectivity index (χ3v) is 6.88. The lowest BCUT2D eigenvalue weighted by Gasteiger charge is -2.27. The van der Waals surface area contributed by atoms with Crippen molar-refractivity contribution < 1.29 is 26.3 Å². The van der Waals surface area contributed by atoms with E-state index in [1.54, 1.807) is 18.2 Å². The Morgan fingerprint density at radius 3 is 2.03 bits per heavy atom. The standard InChI is InChI=1S/C29H26F6/c1-2-3-17-4-8-19(9-5-17)23-13-11-20(27(33)28(23)34)10-6-18-7-12-22(24(30)14-18)21-15-25(31)29(35)26(32)16-21/h2-3,7,11-17,19H,4-6,8-10H2,1H3/b3-2+. The molecule has 0 saturated heterocycles. The Bertz CT molecular complexity index is 1220. The molecule has 3 aromatic rings. The number of rotatable bonds is 6. The predicted octanol–water partition coefficient (Wildman–Crippen LogP) is 8.82. The highest BCUT2D eigenvalue weighted by Gasteiger charge is 2.25. The second-order valence-electron chi connectivity index (χ2n) is 9.15. The number of allylic oxidation sites excluding steroid dienone is 2. The second kappa shape index (κ2) is 10.7. The van der Waals surface area contributed by atoms with Crippen molar-refractivity contribution in [1.82, 2.24) is 0 Å². The second-order valence-corrected chi connectivity index (χ2v) is 9.15. The largest absolute Gasteiger partial charge is 0.206 e. The maximum atomic E-state index is 14.9. The molecule has 6 heteroatoms. The van der Waals surface area contributed by atoms with E-state index in [1.807, 2.05) is 13.0 Å². The molecule has 0 nitrogen and oxygen atoms in total. The van der Waals surface area contributed by atoms with Gasteiger partial charge in [-0.15, -0.1) is 0 Å². The van der Waals surface area contributed by atoms with Gasteiger partial charge < -0.3 is 0 Å². The summed E-state index contributed by atoms with van der Waals surface area (Å²) in [6.07, 6.45) is 8.15. The maximum absolute atomic E-state index is 14.9. The first-order valence-corrected chi connectivity index (χ1v) is 11.8. The van der Waals surface area contributed by atoms with Crippen molar-refractivity contribution in [3.05, 3.63) is 106 Å². The van der Waals surface area contributed by atoms with Crippen molar-refractivity contribution in [2.24, 2.45) is 5.92 Å². The van der Waals surface area contributed by atoms with Crippen LogP contribution in [0.3, 0.4) is 0 Å². The summed E-state index contributed by atoms with van der Waals surface area (Å²) in [5, 5.41) is 0. The maximum Gasteiger partial charge on any atom is 0.194 e. The van der Waals surface area contributed by atoms with Gasteiger partial charge in [0.15, 0.2) is 29.1 Å². The zero-order valence-corrected chi connectivity index (χ0v) is 19.4. The summed E-state index contributed by atoms with van der Waals surface area (Å²) in [6.45, 7) is 1.98. The molecule has 1 aliphatic rings. The SMILES string of the molecule is C/C=C/C1CCC(c2ccc(CCc3ccc(-c4cc(F)c(F)c(F)c4)c(F)c3)c(F)c2F)CC1. The molecule has 1 aliphatic carbocycles. The third-order valence-electron chi connectivity index (χ3n) is 6.88. The van der Waals surface area contributed by atoms with E-state index in [-0.39, 0.29) is 35.4 Å². The van der Waals surface area contributed by atoms with Crippen molar-refractivity contribution in [3.63, 3.8) is 0 Å². The normalized spacial score (nSPS) is 18.4. The van der Waals surface area contributed by atoms with E-state index in [1.165, 1.54) is 12.1 Å². The molecule has 0 aliphatic heterocycles. The minimum Gasteiger partial charge on any atom is -0.206 e. The number of halogens is 6. The minimum atomic E-state index is -1.62. The summed E-state index contributed by atoms with van der Waals surface area (Å²) in [5.41, 5.74) is 0.923. The molecule has 0 heterocycles. The van der Waals surface area contributed by atoms with Gasteiger partial charge in [-0.25, -0.2) is 26.3 Å². The molecule has 3 aromatic carbocycles. The van der Waals surface area contributed by atoms with Gasteiger partial charge in [-0.1, -0.05) is 36.4 Å². The summed E-state index contributed by atoms with van der Waals surface area (Å²) in [7, 11) is 0. The van der Waals surface area contributed by atoms with Gasteiger partial charge in [0.05, 0.1) is 0 Å². The van der Waals surface area contributed by atoms with Crippen LogP contribution in [-0.4, -0.2) is 0 Å². The van der Waals surface area contributed by atoms with E-state index in [2.05, 4.69) is 6.08 Å². The Morgan fingerprint density at radius 2 is 1.40 bits per heavy atom. The van der Waals surface area contributed by atoms with E-state index in [9.17, 15) is 26.3 Å². The van der Waals surface area contributed by atoms with Crippen LogP contribution in [0.5, 0.6) is 0 Å². The Balaban J connectivity index is 1.45. The molecule has 0 unspecified atom stereocenters. The third kappa shape index (κ3) is 5.47. The summed E-state index contributed by atoms with van der Waals surface area (Å²) >= 11 is 0. The molecular formula is C29H26F6. The highest BCUT2D eigenvalue weighted by atomic mass is 19.2. The first-order chi connectivity index (χ1) is 16.8.